The number of benzene rings is 1. The zero-order chi connectivity index (χ0) is 16.0. The zero-order valence-corrected chi connectivity index (χ0v) is 12.4. The molecule has 0 aromatic heterocycles. The summed E-state index contributed by atoms with van der Waals surface area (Å²) in [4.78, 5) is 33.1. The summed E-state index contributed by atoms with van der Waals surface area (Å²) in [6.07, 6.45) is 0. The van der Waals surface area contributed by atoms with Gasteiger partial charge >= 0.3 is 0 Å². The number of hydrogen-bond donors (Lipinski definition) is 2. The van der Waals surface area contributed by atoms with Gasteiger partial charge in [0.15, 0.2) is 0 Å². The Balaban J connectivity index is 2.53. The number of carbonyl (C=O) groups is 2. The van der Waals surface area contributed by atoms with Crippen LogP contribution in [0, 0.1) is 16.0 Å². The molecule has 1 aromatic rings. The number of nitrogens with zero attached hydrogens (tertiary/aromatic N) is 1. The van der Waals surface area contributed by atoms with E-state index in [0.717, 1.165) is 6.07 Å². The van der Waals surface area contributed by atoms with Gasteiger partial charge in [0, 0.05) is 31.1 Å². The molecule has 1 rings (SSSR count). The lowest BCUT2D eigenvalue weighted by molar-refractivity contribution is -0.384. The Labute approximate surface area is 126 Å². The predicted molar refractivity (Wildman–Crippen MR) is 78.3 cm³/mol. The summed E-state index contributed by atoms with van der Waals surface area (Å²) < 4.78 is 0. The second-order valence-electron chi connectivity index (χ2n) is 4.62. The number of hydrogen-bond acceptors (Lipinski definition) is 4. The molecule has 2 amide bonds. The van der Waals surface area contributed by atoms with Crippen LogP contribution in [0.2, 0.25) is 5.02 Å². The lowest BCUT2D eigenvalue weighted by Gasteiger charge is -2.09. The number of halogens is 1. The molecule has 0 aliphatic carbocycles. The van der Waals surface area contributed by atoms with Crippen LogP contribution in [0.5, 0.6) is 0 Å². The van der Waals surface area contributed by atoms with Crippen LogP contribution >= 0.6 is 11.6 Å². The maximum Gasteiger partial charge on any atom is 0.270 e. The Morgan fingerprint density at radius 1 is 1.29 bits per heavy atom. The molecule has 0 bridgehead atoms. The molecule has 0 radical (unpaired) electrons. The first-order chi connectivity index (χ1) is 9.82. The highest BCUT2D eigenvalue weighted by molar-refractivity contribution is 6.34. The van der Waals surface area contributed by atoms with Crippen LogP contribution in [-0.2, 0) is 4.79 Å². The van der Waals surface area contributed by atoms with Crippen molar-refractivity contribution < 1.29 is 14.5 Å². The van der Waals surface area contributed by atoms with Gasteiger partial charge < -0.3 is 10.6 Å². The molecule has 114 valence electrons. The first kappa shape index (κ1) is 16.9. The van der Waals surface area contributed by atoms with Crippen LogP contribution in [0.1, 0.15) is 24.2 Å². The Hall–Kier alpha value is -2.15. The van der Waals surface area contributed by atoms with E-state index < -0.39 is 10.8 Å². The van der Waals surface area contributed by atoms with Gasteiger partial charge in [-0.05, 0) is 6.07 Å². The van der Waals surface area contributed by atoms with E-state index in [4.69, 9.17) is 11.6 Å². The molecule has 0 unspecified atom stereocenters. The minimum Gasteiger partial charge on any atom is -0.354 e. The molecule has 0 saturated carbocycles. The third-order valence-corrected chi connectivity index (χ3v) is 2.95. The zero-order valence-electron chi connectivity index (χ0n) is 11.7. The van der Waals surface area contributed by atoms with Gasteiger partial charge in [0.05, 0.1) is 15.5 Å². The van der Waals surface area contributed by atoms with Crippen molar-refractivity contribution in [1.29, 1.82) is 0 Å². The van der Waals surface area contributed by atoms with E-state index in [2.05, 4.69) is 10.6 Å². The average Bonchev–Trinajstić information content (AvgIpc) is 2.42. The topological polar surface area (TPSA) is 101 Å². The third kappa shape index (κ3) is 5.03. The van der Waals surface area contributed by atoms with Crippen LogP contribution < -0.4 is 10.6 Å². The SMILES string of the molecule is CC(C)C(=O)NCCNC(=O)c1ccc([N+](=O)[O-])cc1Cl. The van der Waals surface area contributed by atoms with E-state index in [9.17, 15) is 19.7 Å². The first-order valence-electron chi connectivity index (χ1n) is 6.32. The third-order valence-electron chi connectivity index (χ3n) is 2.64. The highest BCUT2D eigenvalue weighted by Crippen LogP contribution is 2.22. The lowest BCUT2D eigenvalue weighted by atomic mass is 10.2. The maximum atomic E-state index is 11.8. The molecular weight excluding hydrogens is 298 g/mol. The molecule has 2 N–H and O–H groups in total. The van der Waals surface area contributed by atoms with E-state index in [1.165, 1.54) is 12.1 Å². The fraction of sp³-hybridized carbons (Fsp3) is 0.385. The molecule has 0 saturated heterocycles. The smallest absolute Gasteiger partial charge is 0.270 e. The summed E-state index contributed by atoms with van der Waals surface area (Å²) >= 11 is 5.84. The van der Waals surface area contributed by atoms with Gasteiger partial charge in [0.2, 0.25) is 5.91 Å². The van der Waals surface area contributed by atoms with Crippen LogP contribution in [-0.4, -0.2) is 29.8 Å². The van der Waals surface area contributed by atoms with Crippen molar-refractivity contribution in [3.8, 4) is 0 Å². The predicted octanol–water partition coefficient (Wildman–Crippen LogP) is 1.75. The summed E-state index contributed by atoms with van der Waals surface area (Å²) in [6.45, 7) is 4.08. The maximum absolute atomic E-state index is 11.8. The summed E-state index contributed by atoms with van der Waals surface area (Å²) in [7, 11) is 0. The summed E-state index contributed by atoms with van der Waals surface area (Å²) in [6, 6.07) is 3.63. The van der Waals surface area contributed by atoms with E-state index in [1.54, 1.807) is 13.8 Å². The van der Waals surface area contributed by atoms with Gasteiger partial charge in [0.25, 0.3) is 11.6 Å². The minimum atomic E-state index is -0.588. The second-order valence-corrected chi connectivity index (χ2v) is 5.03. The van der Waals surface area contributed by atoms with Gasteiger partial charge in [0.1, 0.15) is 0 Å². The number of nitro groups is 1. The Morgan fingerprint density at radius 2 is 1.90 bits per heavy atom. The number of non-ortho nitro benzene ring substituents is 1. The van der Waals surface area contributed by atoms with Crippen LogP contribution in [0.15, 0.2) is 18.2 Å². The molecule has 0 atom stereocenters. The highest BCUT2D eigenvalue weighted by Gasteiger charge is 2.14. The van der Waals surface area contributed by atoms with Crippen molar-refractivity contribution >= 4 is 29.1 Å². The van der Waals surface area contributed by atoms with Crippen molar-refractivity contribution in [2.45, 2.75) is 13.8 Å². The molecule has 21 heavy (non-hydrogen) atoms. The van der Waals surface area contributed by atoms with Crippen LogP contribution in [0.4, 0.5) is 5.69 Å². The van der Waals surface area contributed by atoms with Gasteiger partial charge in [-0.3, -0.25) is 19.7 Å². The highest BCUT2D eigenvalue weighted by atomic mass is 35.5. The summed E-state index contributed by atoms with van der Waals surface area (Å²) in [5.41, 5.74) is -0.0294. The summed E-state index contributed by atoms with van der Waals surface area (Å²) in [5, 5.41) is 15.8. The fourth-order valence-electron chi connectivity index (χ4n) is 1.46. The van der Waals surface area contributed by atoms with Gasteiger partial charge in [-0.15, -0.1) is 0 Å². The molecular formula is C13H16ClN3O4. The van der Waals surface area contributed by atoms with Gasteiger partial charge in [-0.25, -0.2) is 0 Å². The van der Waals surface area contributed by atoms with Crippen molar-refractivity contribution in [1.82, 2.24) is 10.6 Å². The van der Waals surface area contributed by atoms with Crippen molar-refractivity contribution in [3.05, 3.63) is 38.9 Å². The lowest BCUT2D eigenvalue weighted by Crippen LogP contribution is -2.36. The molecule has 7 nitrogen and oxygen atoms in total. The average molecular weight is 314 g/mol. The molecule has 0 fully saturated rings. The Bertz CT molecular complexity index is 560. The summed E-state index contributed by atoms with van der Waals surface area (Å²) in [5.74, 6) is -0.670. The van der Waals surface area contributed by atoms with Crippen LogP contribution in [0.3, 0.4) is 0 Å². The fourth-order valence-corrected chi connectivity index (χ4v) is 1.72. The quantitative estimate of drug-likeness (QED) is 0.474. The first-order valence-corrected chi connectivity index (χ1v) is 6.70. The molecule has 0 spiro atoms. The standard InChI is InChI=1S/C13H16ClN3O4/c1-8(2)12(18)15-5-6-16-13(19)10-4-3-9(17(20)21)7-11(10)14/h3-4,7-8H,5-6H2,1-2H3,(H,15,18)(H,16,19). The minimum absolute atomic E-state index is 0.00733. The number of nitro benzene ring substituents is 1. The molecule has 0 aliphatic heterocycles. The number of nitrogens with one attached hydrogen (secondary N) is 2. The molecule has 8 heteroatoms. The number of carbonyl (C=O) groups excluding carboxylic acids is 2. The Morgan fingerprint density at radius 3 is 2.43 bits per heavy atom. The van der Waals surface area contributed by atoms with E-state index in [0.29, 0.717) is 6.54 Å². The van der Waals surface area contributed by atoms with E-state index >= 15 is 0 Å². The van der Waals surface area contributed by atoms with Crippen molar-refractivity contribution in [2.24, 2.45) is 5.92 Å². The molecule has 0 heterocycles. The number of rotatable bonds is 6. The Kier molecular flexibility index (Phi) is 6.10. The monoisotopic (exact) mass is 313 g/mol. The van der Waals surface area contributed by atoms with E-state index in [-0.39, 0.29) is 34.6 Å². The van der Waals surface area contributed by atoms with Gasteiger partial charge in [-0.2, -0.15) is 0 Å². The van der Waals surface area contributed by atoms with Crippen LogP contribution in [0.25, 0.3) is 0 Å². The molecule has 0 aliphatic rings. The van der Waals surface area contributed by atoms with E-state index in [1.807, 2.05) is 0 Å². The number of amides is 2. The largest absolute Gasteiger partial charge is 0.354 e. The second kappa shape index (κ2) is 7.58. The molecule has 1 aromatic carbocycles. The van der Waals surface area contributed by atoms with Crippen molar-refractivity contribution in [3.63, 3.8) is 0 Å². The normalized spacial score (nSPS) is 10.3. The van der Waals surface area contributed by atoms with Crippen molar-refractivity contribution in [2.75, 3.05) is 13.1 Å². The van der Waals surface area contributed by atoms with Gasteiger partial charge in [-0.1, -0.05) is 25.4 Å².